The van der Waals surface area contributed by atoms with Crippen LogP contribution in [0.25, 0.3) is 0 Å². The fraction of sp³-hybridized carbons (Fsp3) is 0.250. The van der Waals surface area contributed by atoms with E-state index in [-0.39, 0.29) is 16.7 Å². The lowest BCUT2D eigenvalue weighted by Gasteiger charge is -2.01. The summed E-state index contributed by atoms with van der Waals surface area (Å²) in [6.45, 7) is 1.68. The maximum absolute atomic E-state index is 11.9. The summed E-state index contributed by atoms with van der Waals surface area (Å²) in [5.41, 5.74) is 6.06. The highest BCUT2D eigenvalue weighted by molar-refractivity contribution is 7.92. The fourth-order valence-corrected chi connectivity index (χ4v) is 2.30. The predicted molar refractivity (Wildman–Crippen MR) is 59.7 cm³/mol. The number of aryl methyl sites for hydroxylation is 2. The minimum atomic E-state index is -3.82. The Bertz CT molecular complexity index is 642. The minimum Gasteiger partial charge on any atom is -0.431 e. The predicted octanol–water partition coefficient (Wildman–Crippen LogP) is 0.0995. The lowest BCUT2D eigenvalue weighted by atomic mass is 10.6. The summed E-state index contributed by atoms with van der Waals surface area (Å²) in [6, 6.07) is -0.106. The monoisotopic (exact) mass is 257 g/mol. The van der Waals surface area contributed by atoms with Crippen LogP contribution in [0.3, 0.4) is 0 Å². The molecule has 0 spiro atoms. The van der Waals surface area contributed by atoms with E-state index in [2.05, 4.69) is 14.8 Å². The molecule has 0 aromatic carbocycles. The number of nitrogens with zero attached hydrogens (tertiary/aromatic N) is 3. The number of rotatable bonds is 3. The van der Waals surface area contributed by atoms with Crippen LogP contribution in [0.4, 0.5) is 11.8 Å². The van der Waals surface area contributed by atoms with Gasteiger partial charge in [0.05, 0.1) is 5.69 Å². The Labute approximate surface area is 97.5 Å². The van der Waals surface area contributed by atoms with Crippen molar-refractivity contribution in [1.82, 2.24) is 14.8 Å². The summed E-state index contributed by atoms with van der Waals surface area (Å²) in [5.74, 6) is -0.0803. The van der Waals surface area contributed by atoms with E-state index in [1.807, 2.05) is 0 Å². The average Bonchev–Trinajstić information content (AvgIpc) is 2.72. The van der Waals surface area contributed by atoms with Crippen molar-refractivity contribution in [3.05, 3.63) is 18.2 Å². The molecule has 0 saturated heterocycles. The molecule has 0 bridgehead atoms. The molecule has 2 aromatic heterocycles. The number of oxazole rings is 1. The van der Waals surface area contributed by atoms with Crippen LogP contribution in [0, 0.1) is 6.92 Å². The van der Waals surface area contributed by atoms with Crippen LogP contribution in [0.1, 0.15) is 5.69 Å². The Morgan fingerprint density at radius 1 is 1.53 bits per heavy atom. The van der Waals surface area contributed by atoms with Gasteiger partial charge in [-0.05, 0) is 6.92 Å². The van der Waals surface area contributed by atoms with E-state index in [4.69, 9.17) is 10.2 Å². The van der Waals surface area contributed by atoms with Crippen LogP contribution in [0.15, 0.2) is 21.8 Å². The highest BCUT2D eigenvalue weighted by Crippen LogP contribution is 2.19. The van der Waals surface area contributed by atoms with Crippen molar-refractivity contribution in [2.24, 2.45) is 7.05 Å². The van der Waals surface area contributed by atoms with E-state index < -0.39 is 10.0 Å². The van der Waals surface area contributed by atoms with Crippen LogP contribution in [-0.4, -0.2) is 23.2 Å². The van der Waals surface area contributed by atoms with Gasteiger partial charge in [0.1, 0.15) is 11.2 Å². The number of anilines is 2. The molecule has 0 saturated carbocycles. The largest absolute Gasteiger partial charge is 0.431 e. The van der Waals surface area contributed by atoms with Crippen molar-refractivity contribution in [3.8, 4) is 0 Å². The van der Waals surface area contributed by atoms with Crippen LogP contribution in [0.2, 0.25) is 0 Å². The molecule has 3 N–H and O–H groups in total. The lowest BCUT2D eigenvalue weighted by Crippen LogP contribution is -2.14. The number of nitrogens with two attached hydrogens (primary N) is 1. The Balaban J connectivity index is 2.34. The van der Waals surface area contributed by atoms with Crippen molar-refractivity contribution in [2.75, 3.05) is 10.5 Å². The van der Waals surface area contributed by atoms with E-state index in [9.17, 15) is 8.42 Å². The molecule has 8 nitrogen and oxygen atoms in total. The second-order valence-electron chi connectivity index (χ2n) is 3.45. The zero-order valence-corrected chi connectivity index (χ0v) is 10.0. The van der Waals surface area contributed by atoms with E-state index in [0.29, 0.717) is 5.69 Å². The Hall–Kier alpha value is -2.03. The van der Waals surface area contributed by atoms with Crippen LogP contribution >= 0.6 is 0 Å². The summed E-state index contributed by atoms with van der Waals surface area (Å²) in [7, 11) is -2.25. The second kappa shape index (κ2) is 3.77. The smallest absolute Gasteiger partial charge is 0.309 e. The first-order valence-electron chi connectivity index (χ1n) is 4.62. The molecule has 0 aliphatic heterocycles. The van der Waals surface area contributed by atoms with Gasteiger partial charge in [0.25, 0.3) is 10.0 Å². The van der Waals surface area contributed by atoms with Crippen molar-refractivity contribution >= 4 is 21.9 Å². The summed E-state index contributed by atoms with van der Waals surface area (Å²) in [4.78, 5) is 3.72. The van der Waals surface area contributed by atoms with Gasteiger partial charge in [-0.2, -0.15) is 10.1 Å². The molecule has 0 aliphatic carbocycles. The molecule has 92 valence electrons. The minimum absolute atomic E-state index is 0.0803. The molecule has 2 rings (SSSR count). The first-order valence-corrected chi connectivity index (χ1v) is 6.11. The van der Waals surface area contributed by atoms with Crippen molar-refractivity contribution < 1.29 is 12.8 Å². The topological polar surface area (TPSA) is 116 Å². The number of hydrogen-bond acceptors (Lipinski definition) is 6. The van der Waals surface area contributed by atoms with Gasteiger partial charge in [-0.15, -0.1) is 0 Å². The van der Waals surface area contributed by atoms with Gasteiger partial charge in [-0.3, -0.25) is 4.68 Å². The van der Waals surface area contributed by atoms with Gasteiger partial charge in [0, 0.05) is 13.2 Å². The quantitative estimate of drug-likeness (QED) is 0.805. The number of sulfonamides is 1. The van der Waals surface area contributed by atoms with Crippen LogP contribution in [-0.2, 0) is 17.1 Å². The van der Waals surface area contributed by atoms with Crippen molar-refractivity contribution in [3.63, 3.8) is 0 Å². The Kier molecular flexibility index (Phi) is 2.54. The SMILES string of the molecule is Cc1coc(NS(=O)(=O)c2cn(C)nc2N)n1. The molecule has 0 aliphatic rings. The molecular weight excluding hydrogens is 246 g/mol. The fourth-order valence-electron chi connectivity index (χ4n) is 1.26. The molecule has 17 heavy (non-hydrogen) atoms. The maximum Gasteiger partial charge on any atom is 0.309 e. The van der Waals surface area contributed by atoms with Gasteiger partial charge in [0.2, 0.25) is 0 Å². The summed E-state index contributed by atoms with van der Waals surface area (Å²) >= 11 is 0. The standard InChI is InChI=1S/C8H11N5O3S/c1-5-4-16-8(10-5)12-17(14,15)6-3-13(2)11-7(6)9/h3-4H,1-2H3,(H2,9,11)(H,10,12). The molecule has 0 amide bonds. The Morgan fingerprint density at radius 2 is 2.24 bits per heavy atom. The normalized spacial score (nSPS) is 11.6. The number of hydrogen-bond donors (Lipinski definition) is 2. The maximum atomic E-state index is 11.9. The van der Waals surface area contributed by atoms with Crippen LogP contribution < -0.4 is 10.5 Å². The van der Waals surface area contributed by atoms with Gasteiger partial charge in [0.15, 0.2) is 5.82 Å². The molecule has 9 heteroatoms. The second-order valence-corrected chi connectivity index (χ2v) is 5.10. The summed E-state index contributed by atoms with van der Waals surface area (Å²) in [6.07, 6.45) is 2.64. The Morgan fingerprint density at radius 3 is 2.71 bits per heavy atom. The highest BCUT2D eigenvalue weighted by atomic mass is 32.2. The van der Waals surface area contributed by atoms with Gasteiger partial charge in [-0.25, -0.2) is 13.1 Å². The van der Waals surface area contributed by atoms with E-state index in [0.717, 1.165) is 0 Å². The molecule has 0 radical (unpaired) electrons. The zero-order chi connectivity index (χ0) is 12.6. The van der Waals surface area contributed by atoms with Crippen molar-refractivity contribution in [1.29, 1.82) is 0 Å². The zero-order valence-electron chi connectivity index (χ0n) is 9.21. The average molecular weight is 257 g/mol. The molecule has 0 fully saturated rings. The van der Waals surface area contributed by atoms with Crippen LogP contribution in [0.5, 0.6) is 0 Å². The molecular formula is C8H11N5O3S. The molecule has 0 unspecified atom stereocenters. The van der Waals surface area contributed by atoms with Gasteiger partial charge in [-0.1, -0.05) is 0 Å². The molecule has 2 heterocycles. The first kappa shape index (κ1) is 11.5. The number of nitrogens with one attached hydrogen (secondary N) is 1. The lowest BCUT2D eigenvalue weighted by molar-refractivity contribution is 0.569. The van der Waals surface area contributed by atoms with Gasteiger partial charge < -0.3 is 10.2 Å². The van der Waals surface area contributed by atoms with Crippen molar-refractivity contribution in [2.45, 2.75) is 11.8 Å². The third-order valence-electron chi connectivity index (χ3n) is 1.95. The molecule has 2 aromatic rings. The first-order chi connectivity index (χ1) is 7.88. The summed E-state index contributed by atoms with van der Waals surface area (Å²) < 4.78 is 32.2. The van der Waals surface area contributed by atoms with E-state index in [1.54, 1.807) is 14.0 Å². The van der Waals surface area contributed by atoms with Gasteiger partial charge >= 0.3 is 6.01 Å². The summed E-state index contributed by atoms with van der Waals surface area (Å²) in [5, 5.41) is 3.75. The third kappa shape index (κ3) is 2.23. The third-order valence-corrected chi connectivity index (χ3v) is 3.29. The highest BCUT2D eigenvalue weighted by Gasteiger charge is 2.22. The number of aromatic nitrogens is 3. The number of nitrogen functional groups attached to an aromatic ring is 1. The van der Waals surface area contributed by atoms with E-state index >= 15 is 0 Å². The van der Waals surface area contributed by atoms with E-state index in [1.165, 1.54) is 17.1 Å². The molecule has 0 atom stereocenters.